The molecule has 1 saturated carbocycles. The van der Waals surface area contributed by atoms with E-state index in [0.29, 0.717) is 36.7 Å². The van der Waals surface area contributed by atoms with Gasteiger partial charge in [-0.1, -0.05) is 35.9 Å². The molecule has 1 amide bonds. The molecule has 1 aliphatic carbocycles. The quantitative estimate of drug-likeness (QED) is 0.490. The van der Waals surface area contributed by atoms with Gasteiger partial charge in [0.25, 0.3) is 5.91 Å². The van der Waals surface area contributed by atoms with Gasteiger partial charge in [-0.15, -0.1) is 0 Å². The van der Waals surface area contributed by atoms with E-state index in [-0.39, 0.29) is 30.9 Å². The Kier molecular flexibility index (Phi) is 8.89. The van der Waals surface area contributed by atoms with Crippen LogP contribution in [-0.4, -0.2) is 67.7 Å². The van der Waals surface area contributed by atoms with Gasteiger partial charge in [0, 0.05) is 31.0 Å². The van der Waals surface area contributed by atoms with Crippen molar-refractivity contribution >= 4 is 17.5 Å². The van der Waals surface area contributed by atoms with Crippen LogP contribution in [0.15, 0.2) is 48.5 Å². The van der Waals surface area contributed by atoms with Gasteiger partial charge in [0.05, 0.1) is 25.4 Å². The molecule has 9 heteroatoms. The van der Waals surface area contributed by atoms with Gasteiger partial charge in [-0.2, -0.15) is 0 Å². The number of carbonyl (C=O) groups excluding carboxylic acids is 1. The summed E-state index contributed by atoms with van der Waals surface area (Å²) in [6.07, 6.45) is -0.708. The van der Waals surface area contributed by atoms with Crippen molar-refractivity contribution in [3.63, 3.8) is 0 Å². The van der Waals surface area contributed by atoms with Gasteiger partial charge < -0.3 is 29.2 Å². The van der Waals surface area contributed by atoms with Crippen LogP contribution in [0, 0.1) is 5.82 Å². The van der Waals surface area contributed by atoms with E-state index >= 15 is 0 Å². The number of carbonyl (C=O) groups is 1. The fourth-order valence-electron chi connectivity index (χ4n) is 4.94. The minimum absolute atomic E-state index is 0.0709. The Morgan fingerprint density at radius 2 is 1.84 bits per heavy atom. The highest BCUT2D eigenvalue weighted by Crippen LogP contribution is 2.44. The number of fused-ring (bicyclic) bond motifs is 1. The molecule has 1 unspecified atom stereocenters. The molecule has 0 aromatic heterocycles. The summed E-state index contributed by atoms with van der Waals surface area (Å²) in [6.45, 7) is 5.21. The molecule has 2 aliphatic rings. The first-order chi connectivity index (χ1) is 17.6. The second-order valence-electron chi connectivity index (χ2n) is 10.5. The molecule has 1 N–H and O–H groups in total. The SMILES string of the molecule is CN(C)CCNC(=O)[C@@]1(OCc2cccc(F)c2)CC(OCc2cccc(Cl)c2)[C@@H]2OC(C)(C)O[C@@H]2C1. The second-order valence-corrected chi connectivity index (χ2v) is 10.9. The number of halogens is 2. The van der Waals surface area contributed by atoms with Gasteiger partial charge >= 0.3 is 0 Å². The fraction of sp³-hybridized carbons (Fsp3) is 0.536. The van der Waals surface area contributed by atoms with E-state index in [0.717, 1.165) is 5.56 Å². The highest BCUT2D eigenvalue weighted by Gasteiger charge is 2.58. The number of rotatable bonds is 10. The molecule has 1 heterocycles. The lowest BCUT2D eigenvalue weighted by Gasteiger charge is -2.43. The molecule has 2 aromatic rings. The molecular formula is C28H36ClFN2O5. The molecule has 2 fully saturated rings. The third-order valence-electron chi connectivity index (χ3n) is 6.67. The molecule has 2 aromatic carbocycles. The van der Waals surface area contributed by atoms with Gasteiger partial charge in [-0.25, -0.2) is 4.39 Å². The summed E-state index contributed by atoms with van der Waals surface area (Å²) in [5, 5.41) is 3.65. The number of nitrogens with zero attached hydrogens (tertiary/aromatic N) is 1. The van der Waals surface area contributed by atoms with Gasteiger partial charge in [0.1, 0.15) is 11.9 Å². The summed E-state index contributed by atoms with van der Waals surface area (Å²) >= 11 is 6.16. The molecule has 0 bridgehead atoms. The zero-order valence-electron chi connectivity index (χ0n) is 21.8. The predicted molar refractivity (Wildman–Crippen MR) is 139 cm³/mol. The number of nitrogens with one attached hydrogen (secondary N) is 1. The molecule has 37 heavy (non-hydrogen) atoms. The Hall–Kier alpha value is -2.07. The number of likely N-dealkylation sites (N-methyl/N-ethyl adjacent to an activating group) is 1. The molecule has 1 saturated heterocycles. The Balaban J connectivity index is 1.59. The molecule has 0 spiro atoms. The Morgan fingerprint density at radius 1 is 1.11 bits per heavy atom. The lowest BCUT2D eigenvalue weighted by Crippen LogP contribution is -2.60. The maximum Gasteiger partial charge on any atom is 0.252 e. The van der Waals surface area contributed by atoms with Gasteiger partial charge in [-0.3, -0.25) is 4.79 Å². The van der Waals surface area contributed by atoms with Crippen LogP contribution in [0.4, 0.5) is 4.39 Å². The van der Waals surface area contributed by atoms with Crippen molar-refractivity contribution in [2.75, 3.05) is 27.2 Å². The van der Waals surface area contributed by atoms with Gasteiger partial charge in [-0.05, 0) is 63.3 Å². The van der Waals surface area contributed by atoms with Crippen LogP contribution in [-0.2, 0) is 37.0 Å². The Labute approximate surface area is 223 Å². The largest absolute Gasteiger partial charge is 0.371 e. The van der Waals surface area contributed by atoms with E-state index in [1.807, 2.05) is 57.1 Å². The first kappa shape index (κ1) is 28.0. The van der Waals surface area contributed by atoms with E-state index in [9.17, 15) is 9.18 Å². The highest BCUT2D eigenvalue weighted by atomic mass is 35.5. The van der Waals surface area contributed by atoms with Crippen LogP contribution in [0.3, 0.4) is 0 Å². The zero-order chi connectivity index (χ0) is 26.6. The molecule has 0 radical (unpaired) electrons. The predicted octanol–water partition coefficient (Wildman–Crippen LogP) is 4.31. The van der Waals surface area contributed by atoms with Crippen molar-refractivity contribution in [2.45, 2.75) is 69.6 Å². The Morgan fingerprint density at radius 3 is 2.54 bits per heavy atom. The Bertz CT molecular complexity index is 1080. The van der Waals surface area contributed by atoms with Crippen LogP contribution in [0.2, 0.25) is 5.02 Å². The summed E-state index contributed by atoms with van der Waals surface area (Å²) in [4.78, 5) is 15.7. The van der Waals surface area contributed by atoms with Crippen LogP contribution < -0.4 is 5.32 Å². The van der Waals surface area contributed by atoms with E-state index in [4.69, 9.17) is 30.5 Å². The second kappa shape index (κ2) is 11.8. The van der Waals surface area contributed by atoms with Crippen molar-refractivity contribution in [3.05, 3.63) is 70.5 Å². The number of hydrogen-bond acceptors (Lipinski definition) is 6. The first-order valence-corrected chi connectivity index (χ1v) is 13.0. The third kappa shape index (κ3) is 7.28. The normalized spacial score (nSPS) is 26.7. The summed E-state index contributed by atoms with van der Waals surface area (Å²) in [6, 6.07) is 13.6. The number of hydrogen-bond donors (Lipinski definition) is 1. The van der Waals surface area contributed by atoms with Crippen LogP contribution in [0.5, 0.6) is 0 Å². The van der Waals surface area contributed by atoms with E-state index in [2.05, 4.69) is 5.32 Å². The van der Waals surface area contributed by atoms with Gasteiger partial charge in [0.15, 0.2) is 11.4 Å². The van der Waals surface area contributed by atoms with Crippen molar-refractivity contribution < 1.29 is 28.1 Å². The van der Waals surface area contributed by atoms with Crippen molar-refractivity contribution in [1.29, 1.82) is 0 Å². The average Bonchev–Trinajstić information content (AvgIpc) is 3.14. The molecular weight excluding hydrogens is 499 g/mol. The third-order valence-corrected chi connectivity index (χ3v) is 6.90. The molecule has 202 valence electrons. The zero-order valence-corrected chi connectivity index (χ0v) is 22.6. The molecule has 7 nitrogen and oxygen atoms in total. The van der Waals surface area contributed by atoms with Crippen molar-refractivity contribution in [2.24, 2.45) is 0 Å². The smallest absolute Gasteiger partial charge is 0.252 e. The topological polar surface area (TPSA) is 69.3 Å². The molecule has 4 rings (SSSR count). The van der Waals surface area contributed by atoms with Crippen molar-refractivity contribution in [1.82, 2.24) is 10.2 Å². The average molecular weight is 535 g/mol. The number of amides is 1. The van der Waals surface area contributed by atoms with E-state index in [1.54, 1.807) is 12.1 Å². The van der Waals surface area contributed by atoms with E-state index < -0.39 is 23.6 Å². The number of benzene rings is 2. The van der Waals surface area contributed by atoms with E-state index in [1.165, 1.54) is 12.1 Å². The summed E-state index contributed by atoms with van der Waals surface area (Å²) in [7, 11) is 3.89. The number of ether oxygens (including phenoxy) is 4. The van der Waals surface area contributed by atoms with Gasteiger partial charge in [0.2, 0.25) is 0 Å². The lowest BCUT2D eigenvalue weighted by molar-refractivity contribution is -0.183. The maximum absolute atomic E-state index is 13.8. The van der Waals surface area contributed by atoms with Crippen LogP contribution >= 0.6 is 11.6 Å². The van der Waals surface area contributed by atoms with Crippen LogP contribution in [0.1, 0.15) is 37.8 Å². The first-order valence-electron chi connectivity index (χ1n) is 12.6. The van der Waals surface area contributed by atoms with Crippen LogP contribution in [0.25, 0.3) is 0 Å². The summed E-state index contributed by atoms with van der Waals surface area (Å²) in [5.41, 5.74) is 0.306. The minimum atomic E-state index is -1.25. The monoisotopic (exact) mass is 534 g/mol. The lowest BCUT2D eigenvalue weighted by atomic mass is 9.78. The fourth-order valence-corrected chi connectivity index (χ4v) is 5.15. The van der Waals surface area contributed by atoms with Crippen molar-refractivity contribution in [3.8, 4) is 0 Å². The standard InChI is InChI=1S/C28H36ClFN2O5/c1-27(2)36-24-16-28(26(33)31-11-12-32(3)4,35-18-20-8-6-10-22(30)14-20)15-23(25(24)37-27)34-17-19-7-5-9-21(29)13-19/h5-10,13-14,23-25H,11-12,15-18H2,1-4H3,(H,31,33)/t23?,24-,25+,28-/m1/s1. The summed E-state index contributed by atoms with van der Waals surface area (Å²) in [5.74, 6) is -1.42. The minimum Gasteiger partial charge on any atom is -0.371 e. The molecule has 1 aliphatic heterocycles. The maximum atomic E-state index is 13.8. The molecule has 4 atom stereocenters. The summed E-state index contributed by atoms with van der Waals surface area (Å²) < 4.78 is 39.0. The highest BCUT2D eigenvalue weighted by molar-refractivity contribution is 6.30.